The number of hydrogen-bond donors (Lipinski definition) is 0. The van der Waals surface area contributed by atoms with Crippen molar-refractivity contribution < 1.29 is 0 Å². The molecule has 102 valence electrons. The summed E-state index contributed by atoms with van der Waals surface area (Å²) in [5, 5.41) is 4.12. The molecule has 0 spiro atoms. The van der Waals surface area contributed by atoms with Gasteiger partial charge in [0.15, 0.2) is 0 Å². The zero-order chi connectivity index (χ0) is 14.2. The second-order valence-corrected chi connectivity index (χ2v) is 6.58. The summed E-state index contributed by atoms with van der Waals surface area (Å²) in [6.07, 6.45) is 1.03. The number of aryl methyl sites for hydroxylation is 1. The van der Waals surface area contributed by atoms with Gasteiger partial charge in [-0.2, -0.15) is 0 Å². The summed E-state index contributed by atoms with van der Waals surface area (Å²) in [4.78, 5) is 1.48. The van der Waals surface area contributed by atoms with Crippen LogP contribution in [0.4, 0.5) is 0 Å². The maximum absolute atomic E-state index is 2.28. The Balaban J connectivity index is 1.91. The Morgan fingerprint density at radius 3 is 2.38 bits per heavy atom. The highest BCUT2D eigenvalue weighted by molar-refractivity contribution is 7.20. The molecule has 0 aliphatic carbocycles. The third-order valence-electron chi connectivity index (χ3n) is 4.13. The average molecular weight is 288 g/mol. The molecule has 0 saturated heterocycles. The third kappa shape index (κ3) is 2.14. The maximum atomic E-state index is 2.28. The molecule has 0 fully saturated rings. The molecule has 1 heteroatoms. The molecule has 4 rings (SSSR count). The largest absolute Gasteiger partial charge is 0.139 e. The van der Waals surface area contributed by atoms with Gasteiger partial charge < -0.3 is 0 Å². The Labute approximate surface area is 128 Å². The van der Waals surface area contributed by atoms with E-state index in [9.17, 15) is 0 Å². The van der Waals surface area contributed by atoms with Crippen LogP contribution in [0.2, 0.25) is 0 Å². The lowest BCUT2D eigenvalue weighted by atomic mass is 10.0. The van der Waals surface area contributed by atoms with Gasteiger partial charge in [0.05, 0.1) is 0 Å². The van der Waals surface area contributed by atoms with Crippen molar-refractivity contribution in [3.63, 3.8) is 0 Å². The lowest BCUT2D eigenvalue weighted by molar-refractivity contribution is 1.22. The molecule has 1 heterocycles. The summed E-state index contributed by atoms with van der Waals surface area (Å²) in [5.74, 6) is 0. The summed E-state index contributed by atoms with van der Waals surface area (Å²) < 4.78 is 1.43. The molecule has 0 unspecified atom stereocenters. The Hall–Kier alpha value is -2.12. The molecule has 21 heavy (non-hydrogen) atoms. The van der Waals surface area contributed by atoms with E-state index in [1.807, 2.05) is 11.3 Å². The van der Waals surface area contributed by atoms with E-state index in [0.717, 1.165) is 6.42 Å². The molecule has 0 aliphatic rings. The SMILES string of the molecule is Cc1c(Cc2ccccc2)sc2c1ccc1ccccc12. The molecule has 0 N–H and O–H groups in total. The van der Waals surface area contributed by atoms with E-state index in [0.29, 0.717) is 0 Å². The van der Waals surface area contributed by atoms with Crippen molar-refractivity contribution in [1.29, 1.82) is 0 Å². The van der Waals surface area contributed by atoms with E-state index in [1.165, 1.54) is 36.9 Å². The van der Waals surface area contributed by atoms with Crippen molar-refractivity contribution in [2.45, 2.75) is 13.3 Å². The minimum Gasteiger partial charge on any atom is -0.139 e. The van der Waals surface area contributed by atoms with Crippen LogP contribution in [0.5, 0.6) is 0 Å². The van der Waals surface area contributed by atoms with E-state index in [1.54, 1.807) is 0 Å². The number of hydrogen-bond acceptors (Lipinski definition) is 1. The normalized spacial score (nSPS) is 11.3. The first kappa shape index (κ1) is 12.6. The van der Waals surface area contributed by atoms with Crippen LogP contribution < -0.4 is 0 Å². The van der Waals surface area contributed by atoms with Gasteiger partial charge in [0, 0.05) is 16.0 Å². The zero-order valence-electron chi connectivity index (χ0n) is 12.0. The molecule has 0 saturated carbocycles. The van der Waals surface area contributed by atoms with Gasteiger partial charge in [-0.25, -0.2) is 0 Å². The minimum absolute atomic E-state index is 1.03. The number of benzene rings is 3. The molecule has 0 radical (unpaired) electrons. The van der Waals surface area contributed by atoms with Gasteiger partial charge in [-0.3, -0.25) is 0 Å². The van der Waals surface area contributed by atoms with Gasteiger partial charge in [-0.15, -0.1) is 11.3 Å². The standard InChI is InChI=1S/C20H16S/c1-14-17-12-11-16-9-5-6-10-18(16)20(17)21-19(14)13-15-7-3-2-4-8-15/h2-12H,13H2,1H3. The first-order valence-corrected chi connectivity index (χ1v) is 8.08. The molecule has 3 aromatic carbocycles. The third-order valence-corrected chi connectivity index (χ3v) is 5.48. The fourth-order valence-electron chi connectivity index (χ4n) is 2.95. The Bertz CT molecular complexity index is 917. The van der Waals surface area contributed by atoms with Crippen LogP contribution in [0.1, 0.15) is 16.0 Å². The minimum atomic E-state index is 1.03. The van der Waals surface area contributed by atoms with E-state index in [-0.39, 0.29) is 0 Å². The van der Waals surface area contributed by atoms with Gasteiger partial charge >= 0.3 is 0 Å². The monoisotopic (exact) mass is 288 g/mol. The van der Waals surface area contributed by atoms with Crippen molar-refractivity contribution >= 4 is 32.2 Å². The first-order chi connectivity index (χ1) is 10.3. The molecule has 0 nitrogen and oxygen atoms in total. The van der Waals surface area contributed by atoms with Crippen LogP contribution in [0.25, 0.3) is 20.9 Å². The number of thiophene rings is 1. The summed E-state index contributed by atoms with van der Waals surface area (Å²) in [7, 11) is 0. The average Bonchev–Trinajstić information content (AvgIpc) is 2.85. The topological polar surface area (TPSA) is 0 Å². The highest BCUT2D eigenvalue weighted by atomic mass is 32.1. The molecular formula is C20H16S. The van der Waals surface area contributed by atoms with E-state index < -0.39 is 0 Å². The van der Waals surface area contributed by atoms with Crippen LogP contribution in [-0.2, 0) is 6.42 Å². The van der Waals surface area contributed by atoms with Crippen molar-refractivity contribution in [1.82, 2.24) is 0 Å². The van der Waals surface area contributed by atoms with E-state index >= 15 is 0 Å². The zero-order valence-corrected chi connectivity index (χ0v) is 12.8. The lowest BCUT2D eigenvalue weighted by Gasteiger charge is -2.00. The van der Waals surface area contributed by atoms with Crippen molar-refractivity contribution in [3.05, 3.63) is 82.7 Å². The van der Waals surface area contributed by atoms with E-state index in [4.69, 9.17) is 0 Å². The van der Waals surface area contributed by atoms with Crippen LogP contribution in [-0.4, -0.2) is 0 Å². The smallest absolute Gasteiger partial charge is 0.0426 e. The molecule has 0 aliphatic heterocycles. The van der Waals surface area contributed by atoms with Crippen LogP contribution in [0, 0.1) is 6.92 Å². The molecule has 1 aromatic heterocycles. The predicted molar refractivity (Wildman–Crippen MR) is 93.3 cm³/mol. The predicted octanol–water partition coefficient (Wildman–Crippen LogP) is 5.95. The van der Waals surface area contributed by atoms with Gasteiger partial charge in [-0.05, 0) is 34.2 Å². The maximum Gasteiger partial charge on any atom is 0.0426 e. The van der Waals surface area contributed by atoms with E-state index in [2.05, 4.69) is 73.7 Å². The molecular weight excluding hydrogens is 272 g/mol. The van der Waals surface area contributed by atoms with Gasteiger partial charge in [0.1, 0.15) is 0 Å². The fraction of sp³-hybridized carbons (Fsp3) is 0.100. The van der Waals surface area contributed by atoms with Crippen LogP contribution in [0.15, 0.2) is 66.7 Å². The van der Waals surface area contributed by atoms with Gasteiger partial charge in [-0.1, -0.05) is 66.7 Å². The number of fused-ring (bicyclic) bond motifs is 3. The highest BCUT2D eigenvalue weighted by Gasteiger charge is 2.11. The summed E-state index contributed by atoms with van der Waals surface area (Å²) in [5.41, 5.74) is 2.82. The summed E-state index contributed by atoms with van der Waals surface area (Å²) >= 11 is 1.95. The highest BCUT2D eigenvalue weighted by Crippen LogP contribution is 2.37. The van der Waals surface area contributed by atoms with Gasteiger partial charge in [0.2, 0.25) is 0 Å². The summed E-state index contributed by atoms with van der Waals surface area (Å²) in [6.45, 7) is 2.26. The van der Waals surface area contributed by atoms with Crippen molar-refractivity contribution in [2.24, 2.45) is 0 Å². The first-order valence-electron chi connectivity index (χ1n) is 7.26. The molecule has 0 bridgehead atoms. The number of rotatable bonds is 2. The Morgan fingerprint density at radius 1 is 0.762 bits per heavy atom. The van der Waals surface area contributed by atoms with Crippen molar-refractivity contribution in [2.75, 3.05) is 0 Å². The quantitative estimate of drug-likeness (QED) is 0.427. The van der Waals surface area contributed by atoms with Crippen LogP contribution in [0.3, 0.4) is 0 Å². The second kappa shape index (κ2) is 5.01. The molecule has 0 atom stereocenters. The molecule has 4 aromatic rings. The molecule has 0 amide bonds. The second-order valence-electron chi connectivity index (χ2n) is 5.48. The van der Waals surface area contributed by atoms with Crippen molar-refractivity contribution in [3.8, 4) is 0 Å². The lowest BCUT2D eigenvalue weighted by Crippen LogP contribution is -1.85. The van der Waals surface area contributed by atoms with Gasteiger partial charge in [0.25, 0.3) is 0 Å². The van der Waals surface area contributed by atoms with Crippen LogP contribution >= 0.6 is 11.3 Å². The summed E-state index contributed by atoms with van der Waals surface area (Å²) in [6, 6.07) is 23.9. The fourth-order valence-corrected chi connectivity index (χ4v) is 4.32. The Morgan fingerprint density at radius 2 is 1.52 bits per heavy atom. The Kier molecular flexibility index (Phi) is 3.01.